The summed E-state index contributed by atoms with van der Waals surface area (Å²) in [5.41, 5.74) is 1.66. The number of hydrogen-bond donors (Lipinski definition) is 1. The van der Waals surface area contributed by atoms with E-state index in [1.807, 2.05) is 30.3 Å². The first-order valence-electron chi connectivity index (χ1n) is 4.65. The van der Waals surface area contributed by atoms with Gasteiger partial charge in [0.25, 0.3) is 0 Å². The van der Waals surface area contributed by atoms with Crippen LogP contribution in [0, 0.1) is 0 Å². The standard InChI is InChI=1S/C11H10O3S2/c12-16(13,14)11-10(6-7-15-11)8-9-4-2-1-3-5-9/h1-7H,8H2,(H,12,13,14). The lowest BCUT2D eigenvalue weighted by Crippen LogP contribution is -1.99. The zero-order valence-electron chi connectivity index (χ0n) is 8.33. The van der Waals surface area contributed by atoms with Crippen LogP contribution in [0.25, 0.3) is 0 Å². The van der Waals surface area contributed by atoms with Crippen LogP contribution < -0.4 is 0 Å². The van der Waals surface area contributed by atoms with Gasteiger partial charge in [0.1, 0.15) is 4.21 Å². The molecule has 0 fully saturated rings. The minimum Gasteiger partial charge on any atom is -0.281 e. The first kappa shape index (κ1) is 11.3. The van der Waals surface area contributed by atoms with E-state index in [4.69, 9.17) is 4.55 Å². The highest BCUT2D eigenvalue weighted by Crippen LogP contribution is 2.24. The van der Waals surface area contributed by atoms with Gasteiger partial charge in [0.15, 0.2) is 0 Å². The van der Waals surface area contributed by atoms with E-state index in [2.05, 4.69) is 0 Å². The summed E-state index contributed by atoms with van der Waals surface area (Å²) in [7, 11) is -4.09. The van der Waals surface area contributed by atoms with Gasteiger partial charge in [-0.3, -0.25) is 4.55 Å². The second-order valence-corrected chi connectivity index (χ2v) is 5.90. The average Bonchev–Trinajstić information content (AvgIpc) is 2.67. The van der Waals surface area contributed by atoms with Gasteiger partial charge in [0, 0.05) is 0 Å². The minimum absolute atomic E-state index is 0.0383. The Hall–Kier alpha value is -1.17. The predicted octanol–water partition coefficient (Wildman–Crippen LogP) is 2.59. The van der Waals surface area contributed by atoms with Crippen LogP contribution >= 0.6 is 11.3 Å². The van der Waals surface area contributed by atoms with E-state index in [-0.39, 0.29) is 4.21 Å². The highest BCUT2D eigenvalue weighted by molar-refractivity contribution is 7.88. The summed E-state index contributed by atoms with van der Waals surface area (Å²) < 4.78 is 31.2. The summed E-state index contributed by atoms with van der Waals surface area (Å²) in [6, 6.07) is 11.3. The molecule has 0 atom stereocenters. The van der Waals surface area contributed by atoms with Crippen molar-refractivity contribution in [2.45, 2.75) is 10.6 Å². The van der Waals surface area contributed by atoms with Crippen molar-refractivity contribution in [1.82, 2.24) is 0 Å². The fraction of sp³-hybridized carbons (Fsp3) is 0.0909. The van der Waals surface area contributed by atoms with Crippen LogP contribution in [0.2, 0.25) is 0 Å². The molecule has 0 aliphatic rings. The molecule has 0 aliphatic heterocycles. The topological polar surface area (TPSA) is 54.4 Å². The smallest absolute Gasteiger partial charge is 0.281 e. The fourth-order valence-electron chi connectivity index (χ4n) is 1.50. The highest BCUT2D eigenvalue weighted by atomic mass is 32.3. The van der Waals surface area contributed by atoms with Crippen molar-refractivity contribution < 1.29 is 13.0 Å². The van der Waals surface area contributed by atoms with Gasteiger partial charge in [0.2, 0.25) is 0 Å². The van der Waals surface area contributed by atoms with Crippen molar-refractivity contribution in [3.05, 3.63) is 52.9 Å². The lowest BCUT2D eigenvalue weighted by Gasteiger charge is -2.01. The quantitative estimate of drug-likeness (QED) is 0.856. The minimum atomic E-state index is -4.09. The molecule has 3 nitrogen and oxygen atoms in total. The summed E-state index contributed by atoms with van der Waals surface area (Å²) >= 11 is 1.04. The van der Waals surface area contributed by atoms with Gasteiger partial charge in [-0.15, -0.1) is 11.3 Å². The third-order valence-corrected chi connectivity index (χ3v) is 4.58. The molecular formula is C11H10O3S2. The van der Waals surface area contributed by atoms with E-state index >= 15 is 0 Å². The van der Waals surface area contributed by atoms with Gasteiger partial charge in [-0.2, -0.15) is 8.42 Å². The predicted molar refractivity (Wildman–Crippen MR) is 63.4 cm³/mol. The van der Waals surface area contributed by atoms with Gasteiger partial charge in [-0.25, -0.2) is 0 Å². The van der Waals surface area contributed by atoms with E-state index in [1.165, 1.54) is 0 Å². The van der Waals surface area contributed by atoms with E-state index < -0.39 is 10.1 Å². The molecule has 0 unspecified atom stereocenters. The van der Waals surface area contributed by atoms with E-state index in [1.54, 1.807) is 11.4 Å². The molecule has 1 N–H and O–H groups in total. The molecule has 1 heterocycles. The third kappa shape index (κ3) is 2.49. The molecule has 2 rings (SSSR count). The molecule has 16 heavy (non-hydrogen) atoms. The van der Waals surface area contributed by atoms with Crippen LogP contribution in [0.4, 0.5) is 0 Å². The first-order valence-corrected chi connectivity index (χ1v) is 6.97. The van der Waals surface area contributed by atoms with Crippen molar-refractivity contribution >= 4 is 21.5 Å². The molecule has 1 aromatic heterocycles. The Morgan fingerprint density at radius 2 is 1.81 bits per heavy atom. The van der Waals surface area contributed by atoms with Gasteiger partial charge in [0.05, 0.1) is 0 Å². The molecule has 5 heteroatoms. The molecular weight excluding hydrogens is 244 g/mol. The second-order valence-electron chi connectivity index (χ2n) is 3.37. The fourth-order valence-corrected chi connectivity index (χ4v) is 3.27. The maximum absolute atomic E-state index is 11.1. The highest BCUT2D eigenvalue weighted by Gasteiger charge is 2.16. The summed E-state index contributed by atoms with van der Waals surface area (Å²) in [6.07, 6.45) is 0.513. The van der Waals surface area contributed by atoms with Crippen LogP contribution in [-0.4, -0.2) is 13.0 Å². The van der Waals surface area contributed by atoms with Crippen LogP contribution in [-0.2, 0) is 16.5 Å². The molecule has 2 aromatic rings. The zero-order valence-corrected chi connectivity index (χ0v) is 9.96. The van der Waals surface area contributed by atoms with Crippen LogP contribution in [0.1, 0.15) is 11.1 Å². The van der Waals surface area contributed by atoms with Crippen molar-refractivity contribution in [1.29, 1.82) is 0 Å². The molecule has 0 saturated carbocycles. The summed E-state index contributed by atoms with van der Waals surface area (Å²) in [5.74, 6) is 0. The molecule has 84 valence electrons. The van der Waals surface area contributed by atoms with E-state index in [0.717, 1.165) is 16.9 Å². The van der Waals surface area contributed by atoms with Crippen molar-refractivity contribution in [3.8, 4) is 0 Å². The number of hydrogen-bond acceptors (Lipinski definition) is 3. The van der Waals surface area contributed by atoms with Crippen LogP contribution in [0.5, 0.6) is 0 Å². The molecule has 0 saturated heterocycles. The van der Waals surface area contributed by atoms with Gasteiger partial charge >= 0.3 is 10.1 Å². The number of benzene rings is 1. The summed E-state index contributed by atoms with van der Waals surface area (Å²) in [6.45, 7) is 0. The first-order chi connectivity index (χ1) is 7.57. The Morgan fingerprint density at radius 3 is 2.44 bits per heavy atom. The normalized spacial score (nSPS) is 11.6. The van der Waals surface area contributed by atoms with Crippen molar-refractivity contribution in [2.24, 2.45) is 0 Å². The van der Waals surface area contributed by atoms with Gasteiger partial charge in [-0.05, 0) is 29.0 Å². The molecule has 0 spiro atoms. The Balaban J connectivity index is 2.34. The van der Waals surface area contributed by atoms with Crippen LogP contribution in [0.15, 0.2) is 46.0 Å². The Bertz CT molecular complexity index is 570. The SMILES string of the molecule is O=S(=O)(O)c1sccc1Cc1ccccc1. The van der Waals surface area contributed by atoms with Crippen molar-refractivity contribution in [2.75, 3.05) is 0 Å². The lowest BCUT2D eigenvalue weighted by molar-refractivity contribution is 0.485. The second kappa shape index (κ2) is 4.37. The zero-order chi connectivity index (χ0) is 11.6. The molecule has 0 amide bonds. The van der Waals surface area contributed by atoms with E-state index in [9.17, 15) is 8.42 Å². The van der Waals surface area contributed by atoms with Gasteiger partial charge in [-0.1, -0.05) is 30.3 Å². The Labute approximate surface area is 98.1 Å². The molecule has 0 radical (unpaired) electrons. The maximum Gasteiger partial charge on any atom is 0.304 e. The summed E-state index contributed by atoms with van der Waals surface area (Å²) in [5, 5.41) is 1.67. The maximum atomic E-state index is 11.1. The van der Waals surface area contributed by atoms with E-state index in [0.29, 0.717) is 12.0 Å². The number of rotatable bonds is 3. The Morgan fingerprint density at radius 1 is 1.12 bits per heavy atom. The Kier molecular flexibility index (Phi) is 3.09. The molecule has 0 bridgehead atoms. The lowest BCUT2D eigenvalue weighted by atomic mass is 10.1. The average molecular weight is 254 g/mol. The molecule has 1 aromatic carbocycles. The third-order valence-electron chi connectivity index (χ3n) is 2.18. The monoisotopic (exact) mass is 254 g/mol. The molecule has 0 aliphatic carbocycles. The van der Waals surface area contributed by atoms with Gasteiger partial charge < -0.3 is 0 Å². The van der Waals surface area contributed by atoms with Crippen LogP contribution in [0.3, 0.4) is 0 Å². The number of thiophene rings is 1. The van der Waals surface area contributed by atoms with Crippen molar-refractivity contribution in [3.63, 3.8) is 0 Å². The largest absolute Gasteiger partial charge is 0.304 e. The summed E-state index contributed by atoms with van der Waals surface area (Å²) in [4.78, 5) is 0.